The number of hydrogen-bond acceptors (Lipinski definition) is 4. The zero-order valence-corrected chi connectivity index (χ0v) is 9.98. The summed E-state index contributed by atoms with van der Waals surface area (Å²) in [6, 6.07) is 11.2. The summed E-state index contributed by atoms with van der Waals surface area (Å²) in [4.78, 5) is 20.9. The summed E-state index contributed by atoms with van der Waals surface area (Å²) in [5.74, 6) is 0.315. The molecule has 0 unspecified atom stereocenters. The van der Waals surface area contributed by atoms with Crippen molar-refractivity contribution in [3.63, 3.8) is 0 Å². The molecule has 0 spiro atoms. The number of nitrogens with zero attached hydrogens (tertiary/aromatic N) is 3. The summed E-state index contributed by atoms with van der Waals surface area (Å²) in [6.07, 6.45) is 2.66. The first-order valence-electron chi connectivity index (χ1n) is 5.49. The topological polar surface area (TPSA) is 55.3 Å². The molecule has 18 heavy (non-hydrogen) atoms. The number of amides is 1. The molecule has 92 valence electrons. The van der Waals surface area contributed by atoms with Gasteiger partial charge in [-0.3, -0.25) is 0 Å². The summed E-state index contributed by atoms with van der Waals surface area (Å²) < 4.78 is 5.15. The van der Waals surface area contributed by atoms with Crippen molar-refractivity contribution in [1.29, 1.82) is 0 Å². The molecule has 1 heterocycles. The molecule has 5 heteroatoms. The van der Waals surface area contributed by atoms with Crippen LogP contribution in [0.15, 0.2) is 48.8 Å². The van der Waals surface area contributed by atoms with Crippen molar-refractivity contribution in [1.82, 2.24) is 9.97 Å². The van der Waals surface area contributed by atoms with Gasteiger partial charge in [0, 0.05) is 19.4 Å². The molecule has 0 atom stereocenters. The monoisotopic (exact) mass is 243 g/mol. The van der Waals surface area contributed by atoms with Crippen molar-refractivity contribution in [2.45, 2.75) is 6.61 Å². The number of rotatable bonds is 3. The summed E-state index contributed by atoms with van der Waals surface area (Å²) >= 11 is 0. The fraction of sp³-hybridized carbons (Fsp3) is 0.154. The van der Waals surface area contributed by atoms with E-state index in [9.17, 15) is 4.79 Å². The van der Waals surface area contributed by atoms with Crippen LogP contribution in [0, 0.1) is 0 Å². The van der Waals surface area contributed by atoms with Gasteiger partial charge in [0.1, 0.15) is 6.61 Å². The Balaban J connectivity index is 1.93. The first-order valence-corrected chi connectivity index (χ1v) is 5.49. The lowest BCUT2D eigenvalue weighted by Gasteiger charge is -2.14. The molecule has 0 saturated carbocycles. The third-order valence-electron chi connectivity index (χ3n) is 2.33. The minimum atomic E-state index is -0.481. The first kappa shape index (κ1) is 12.0. The highest BCUT2D eigenvalue weighted by Crippen LogP contribution is 2.06. The van der Waals surface area contributed by atoms with Crippen molar-refractivity contribution in [2.24, 2.45) is 0 Å². The number of hydrogen-bond donors (Lipinski definition) is 0. The Morgan fingerprint density at radius 3 is 2.50 bits per heavy atom. The van der Waals surface area contributed by atoms with E-state index in [0.29, 0.717) is 5.95 Å². The van der Waals surface area contributed by atoms with E-state index in [1.165, 1.54) is 4.90 Å². The maximum absolute atomic E-state index is 11.7. The molecule has 1 amide bonds. The number of benzene rings is 1. The van der Waals surface area contributed by atoms with Crippen LogP contribution < -0.4 is 4.90 Å². The lowest BCUT2D eigenvalue weighted by atomic mass is 10.2. The van der Waals surface area contributed by atoms with Crippen LogP contribution >= 0.6 is 0 Å². The quantitative estimate of drug-likeness (QED) is 0.829. The molecule has 0 saturated heterocycles. The largest absolute Gasteiger partial charge is 0.444 e. The van der Waals surface area contributed by atoms with Gasteiger partial charge in [0.15, 0.2) is 0 Å². The van der Waals surface area contributed by atoms with Crippen LogP contribution in [0.3, 0.4) is 0 Å². The average Bonchev–Trinajstić information content (AvgIpc) is 2.46. The Labute approximate surface area is 105 Å². The smallest absolute Gasteiger partial charge is 0.416 e. The normalized spacial score (nSPS) is 9.83. The van der Waals surface area contributed by atoms with Gasteiger partial charge in [0.25, 0.3) is 0 Å². The number of ether oxygens (including phenoxy) is 1. The molecule has 0 aliphatic carbocycles. The van der Waals surface area contributed by atoms with Crippen LogP contribution in [0.2, 0.25) is 0 Å². The predicted octanol–water partition coefficient (Wildman–Crippen LogP) is 2.25. The SMILES string of the molecule is CN(C(=O)OCc1ccccc1)c1ncccn1. The second-order valence-corrected chi connectivity index (χ2v) is 3.65. The summed E-state index contributed by atoms with van der Waals surface area (Å²) in [6.45, 7) is 0.233. The zero-order chi connectivity index (χ0) is 12.8. The maximum atomic E-state index is 11.7. The van der Waals surface area contributed by atoms with Crippen LogP contribution in [0.1, 0.15) is 5.56 Å². The fourth-order valence-corrected chi connectivity index (χ4v) is 1.36. The molecule has 2 aromatic rings. The van der Waals surface area contributed by atoms with Gasteiger partial charge in [0.05, 0.1) is 0 Å². The van der Waals surface area contributed by atoms with Crippen LogP contribution in [-0.4, -0.2) is 23.1 Å². The molecule has 0 N–H and O–H groups in total. The Kier molecular flexibility index (Phi) is 3.86. The van der Waals surface area contributed by atoms with Crippen molar-refractivity contribution in [2.75, 3.05) is 11.9 Å². The Hall–Kier alpha value is -2.43. The van der Waals surface area contributed by atoms with E-state index in [0.717, 1.165) is 5.56 Å². The third kappa shape index (κ3) is 3.04. The Morgan fingerprint density at radius 2 is 1.83 bits per heavy atom. The van der Waals surface area contributed by atoms with E-state index in [1.54, 1.807) is 25.5 Å². The van der Waals surface area contributed by atoms with E-state index in [-0.39, 0.29) is 6.61 Å². The lowest BCUT2D eigenvalue weighted by Crippen LogP contribution is -2.28. The molecular weight excluding hydrogens is 230 g/mol. The Morgan fingerprint density at radius 1 is 1.17 bits per heavy atom. The number of carbonyl (C=O) groups is 1. The maximum Gasteiger partial charge on any atom is 0.416 e. The van der Waals surface area contributed by atoms with Crippen molar-refractivity contribution in [3.05, 3.63) is 54.4 Å². The van der Waals surface area contributed by atoms with Crippen LogP contribution in [0.25, 0.3) is 0 Å². The average molecular weight is 243 g/mol. The molecule has 0 fully saturated rings. The van der Waals surface area contributed by atoms with Gasteiger partial charge in [-0.05, 0) is 11.6 Å². The predicted molar refractivity (Wildman–Crippen MR) is 67.1 cm³/mol. The standard InChI is InChI=1S/C13H13N3O2/c1-16(12-14-8-5-9-15-12)13(17)18-10-11-6-3-2-4-7-11/h2-9H,10H2,1H3. The summed E-state index contributed by atoms with van der Waals surface area (Å²) in [5.41, 5.74) is 0.938. The second-order valence-electron chi connectivity index (χ2n) is 3.65. The third-order valence-corrected chi connectivity index (χ3v) is 2.33. The van der Waals surface area contributed by atoms with Gasteiger partial charge in [-0.2, -0.15) is 0 Å². The van der Waals surface area contributed by atoms with Crippen molar-refractivity contribution < 1.29 is 9.53 Å². The lowest BCUT2D eigenvalue weighted by molar-refractivity contribution is 0.148. The Bertz CT molecular complexity index is 502. The molecule has 2 rings (SSSR count). The van der Waals surface area contributed by atoms with Crippen molar-refractivity contribution >= 4 is 12.0 Å². The highest BCUT2D eigenvalue weighted by atomic mass is 16.6. The van der Waals surface area contributed by atoms with Crippen LogP contribution in [0.4, 0.5) is 10.7 Å². The molecular formula is C13H13N3O2. The van der Waals surface area contributed by atoms with Gasteiger partial charge in [0.2, 0.25) is 5.95 Å². The van der Waals surface area contributed by atoms with Gasteiger partial charge in [-0.15, -0.1) is 0 Å². The van der Waals surface area contributed by atoms with Gasteiger partial charge < -0.3 is 4.74 Å². The van der Waals surface area contributed by atoms with E-state index in [4.69, 9.17) is 4.74 Å². The molecule has 0 radical (unpaired) electrons. The molecule has 1 aromatic heterocycles. The summed E-state index contributed by atoms with van der Waals surface area (Å²) in [7, 11) is 1.57. The second kappa shape index (κ2) is 5.77. The fourth-order valence-electron chi connectivity index (χ4n) is 1.36. The highest BCUT2D eigenvalue weighted by Gasteiger charge is 2.14. The zero-order valence-electron chi connectivity index (χ0n) is 9.98. The molecule has 5 nitrogen and oxygen atoms in total. The highest BCUT2D eigenvalue weighted by molar-refractivity contribution is 5.84. The first-order chi connectivity index (χ1) is 8.77. The van der Waals surface area contributed by atoms with Crippen molar-refractivity contribution in [3.8, 4) is 0 Å². The molecule has 0 aliphatic rings. The van der Waals surface area contributed by atoms with E-state index in [1.807, 2.05) is 30.3 Å². The van der Waals surface area contributed by atoms with E-state index >= 15 is 0 Å². The van der Waals surface area contributed by atoms with Gasteiger partial charge in [-0.25, -0.2) is 19.7 Å². The van der Waals surface area contributed by atoms with E-state index in [2.05, 4.69) is 9.97 Å². The number of anilines is 1. The minimum absolute atomic E-state index is 0.233. The number of carbonyl (C=O) groups excluding carboxylic acids is 1. The van der Waals surface area contributed by atoms with Gasteiger partial charge in [-0.1, -0.05) is 30.3 Å². The molecule has 1 aromatic carbocycles. The van der Waals surface area contributed by atoms with Crippen LogP contribution in [0.5, 0.6) is 0 Å². The van der Waals surface area contributed by atoms with E-state index < -0.39 is 6.09 Å². The van der Waals surface area contributed by atoms with Crippen LogP contribution in [-0.2, 0) is 11.3 Å². The number of aromatic nitrogens is 2. The molecule has 0 bridgehead atoms. The van der Waals surface area contributed by atoms with Gasteiger partial charge >= 0.3 is 6.09 Å². The summed E-state index contributed by atoms with van der Waals surface area (Å²) in [5, 5.41) is 0. The minimum Gasteiger partial charge on any atom is -0.444 e. The molecule has 0 aliphatic heterocycles.